The van der Waals surface area contributed by atoms with Crippen LogP contribution in [0, 0.1) is 0 Å². The number of carbonyl (C=O) groups is 2. The SMILES string of the molecule is CCOc1cc(C(=O)Nc2cccc(Cl)c2N(C)C)ccc1OCC(=O)N1CCCCC1. The molecule has 8 heteroatoms. The van der Waals surface area contributed by atoms with Crippen LogP contribution in [0.4, 0.5) is 11.4 Å². The van der Waals surface area contributed by atoms with Gasteiger partial charge in [0.05, 0.1) is 23.0 Å². The van der Waals surface area contributed by atoms with Crippen molar-refractivity contribution >= 4 is 34.8 Å². The molecule has 0 bridgehead atoms. The van der Waals surface area contributed by atoms with Crippen LogP contribution in [0.2, 0.25) is 5.02 Å². The number of likely N-dealkylation sites (tertiary alicyclic amines) is 1. The summed E-state index contributed by atoms with van der Waals surface area (Å²) in [6, 6.07) is 10.3. The van der Waals surface area contributed by atoms with Gasteiger partial charge in [0.15, 0.2) is 18.1 Å². The first kappa shape index (κ1) is 23.7. The van der Waals surface area contributed by atoms with Crippen molar-refractivity contribution in [3.8, 4) is 11.5 Å². The van der Waals surface area contributed by atoms with Crippen LogP contribution in [0.5, 0.6) is 11.5 Å². The number of hydrogen-bond acceptors (Lipinski definition) is 5. The van der Waals surface area contributed by atoms with Gasteiger partial charge in [-0.05, 0) is 56.5 Å². The number of anilines is 2. The zero-order valence-corrected chi connectivity index (χ0v) is 19.6. The van der Waals surface area contributed by atoms with Gasteiger partial charge < -0.3 is 24.6 Å². The van der Waals surface area contributed by atoms with Gasteiger partial charge >= 0.3 is 0 Å². The second-order valence-corrected chi connectivity index (χ2v) is 8.22. The number of benzene rings is 2. The van der Waals surface area contributed by atoms with Crippen molar-refractivity contribution in [3.63, 3.8) is 0 Å². The van der Waals surface area contributed by atoms with E-state index in [2.05, 4.69) is 5.32 Å². The summed E-state index contributed by atoms with van der Waals surface area (Å²) in [7, 11) is 3.72. The molecule has 1 fully saturated rings. The van der Waals surface area contributed by atoms with Crippen LogP contribution < -0.4 is 19.7 Å². The highest BCUT2D eigenvalue weighted by atomic mass is 35.5. The van der Waals surface area contributed by atoms with Crippen LogP contribution in [0.15, 0.2) is 36.4 Å². The Labute approximate surface area is 194 Å². The van der Waals surface area contributed by atoms with E-state index in [1.54, 1.807) is 36.4 Å². The number of rotatable bonds is 8. The van der Waals surface area contributed by atoms with Crippen LogP contribution >= 0.6 is 11.6 Å². The monoisotopic (exact) mass is 459 g/mol. The van der Waals surface area contributed by atoms with E-state index in [4.69, 9.17) is 21.1 Å². The molecule has 2 aromatic rings. The first-order valence-electron chi connectivity index (χ1n) is 10.8. The third kappa shape index (κ3) is 5.85. The molecule has 3 rings (SSSR count). The minimum atomic E-state index is -0.299. The number of hydrogen-bond donors (Lipinski definition) is 1. The lowest BCUT2D eigenvalue weighted by molar-refractivity contribution is -0.134. The van der Waals surface area contributed by atoms with E-state index in [-0.39, 0.29) is 18.4 Å². The Morgan fingerprint density at radius 1 is 1.06 bits per heavy atom. The molecule has 172 valence electrons. The van der Waals surface area contributed by atoms with Crippen molar-refractivity contribution in [1.82, 2.24) is 4.90 Å². The maximum atomic E-state index is 12.9. The van der Waals surface area contributed by atoms with E-state index in [0.717, 1.165) is 38.0 Å². The molecule has 2 amide bonds. The summed E-state index contributed by atoms with van der Waals surface area (Å²) < 4.78 is 11.4. The summed E-state index contributed by atoms with van der Waals surface area (Å²) in [5.74, 6) is 0.523. The number of amides is 2. The zero-order valence-electron chi connectivity index (χ0n) is 18.8. The van der Waals surface area contributed by atoms with Crippen LogP contribution in [0.3, 0.4) is 0 Å². The number of nitrogens with zero attached hydrogens (tertiary/aromatic N) is 2. The van der Waals surface area contributed by atoms with E-state index >= 15 is 0 Å². The summed E-state index contributed by atoms with van der Waals surface area (Å²) in [5, 5.41) is 3.46. The van der Waals surface area contributed by atoms with Crippen molar-refractivity contribution in [1.29, 1.82) is 0 Å². The maximum absolute atomic E-state index is 12.9. The largest absolute Gasteiger partial charge is 0.490 e. The quantitative estimate of drug-likeness (QED) is 0.631. The summed E-state index contributed by atoms with van der Waals surface area (Å²) in [4.78, 5) is 29.0. The number of carbonyl (C=O) groups excluding carboxylic acids is 2. The fourth-order valence-electron chi connectivity index (χ4n) is 3.68. The van der Waals surface area contributed by atoms with Gasteiger partial charge in [-0.25, -0.2) is 0 Å². The molecule has 0 aromatic heterocycles. The summed E-state index contributed by atoms with van der Waals surface area (Å²) in [6.45, 7) is 3.75. The Morgan fingerprint density at radius 3 is 2.50 bits per heavy atom. The van der Waals surface area contributed by atoms with Crippen LogP contribution in [0.25, 0.3) is 0 Å². The van der Waals surface area contributed by atoms with Gasteiger partial charge in [-0.15, -0.1) is 0 Å². The van der Waals surface area contributed by atoms with Crippen molar-refractivity contribution in [3.05, 3.63) is 47.0 Å². The molecular formula is C24H30ClN3O4. The molecule has 1 N–H and O–H groups in total. The molecule has 0 radical (unpaired) electrons. The highest BCUT2D eigenvalue weighted by molar-refractivity contribution is 6.34. The van der Waals surface area contributed by atoms with E-state index in [0.29, 0.717) is 34.4 Å². The molecule has 0 saturated carbocycles. The molecule has 1 saturated heterocycles. The molecule has 1 aliphatic heterocycles. The lowest BCUT2D eigenvalue weighted by Crippen LogP contribution is -2.38. The van der Waals surface area contributed by atoms with Crippen molar-refractivity contribution in [2.45, 2.75) is 26.2 Å². The molecule has 32 heavy (non-hydrogen) atoms. The summed E-state index contributed by atoms with van der Waals surface area (Å²) in [5.41, 5.74) is 1.74. The number of piperidine rings is 1. The molecule has 1 aliphatic rings. The van der Waals surface area contributed by atoms with Gasteiger partial charge in [-0.3, -0.25) is 9.59 Å². The van der Waals surface area contributed by atoms with Gasteiger partial charge in [0.1, 0.15) is 0 Å². The maximum Gasteiger partial charge on any atom is 0.260 e. The average molecular weight is 460 g/mol. The Kier molecular flexibility index (Phi) is 8.22. The average Bonchev–Trinajstić information content (AvgIpc) is 2.78. The Hall–Kier alpha value is -2.93. The highest BCUT2D eigenvalue weighted by Crippen LogP contribution is 2.33. The lowest BCUT2D eigenvalue weighted by Gasteiger charge is -2.26. The summed E-state index contributed by atoms with van der Waals surface area (Å²) in [6.07, 6.45) is 3.22. The van der Waals surface area contributed by atoms with Gasteiger partial charge in [0.25, 0.3) is 11.8 Å². The Balaban J connectivity index is 1.73. The fraction of sp³-hybridized carbons (Fsp3) is 0.417. The smallest absolute Gasteiger partial charge is 0.260 e. The molecule has 0 atom stereocenters. The number of nitrogens with one attached hydrogen (secondary N) is 1. The minimum Gasteiger partial charge on any atom is -0.490 e. The van der Waals surface area contributed by atoms with Crippen LogP contribution in [0.1, 0.15) is 36.5 Å². The van der Waals surface area contributed by atoms with Crippen molar-refractivity contribution in [2.24, 2.45) is 0 Å². The number of para-hydroxylation sites is 1. The Morgan fingerprint density at radius 2 is 1.81 bits per heavy atom. The zero-order chi connectivity index (χ0) is 23.1. The van der Waals surface area contributed by atoms with E-state index < -0.39 is 0 Å². The topological polar surface area (TPSA) is 71.1 Å². The molecule has 2 aromatic carbocycles. The van der Waals surface area contributed by atoms with Crippen LogP contribution in [-0.4, -0.2) is 57.1 Å². The van der Waals surface area contributed by atoms with E-state index in [9.17, 15) is 9.59 Å². The normalized spacial score (nSPS) is 13.4. The second-order valence-electron chi connectivity index (χ2n) is 7.81. The highest BCUT2D eigenvalue weighted by Gasteiger charge is 2.19. The van der Waals surface area contributed by atoms with Gasteiger partial charge in [0, 0.05) is 32.7 Å². The van der Waals surface area contributed by atoms with Gasteiger partial charge in [-0.1, -0.05) is 17.7 Å². The first-order chi connectivity index (χ1) is 15.4. The van der Waals surface area contributed by atoms with E-state index in [1.807, 2.05) is 30.8 Å². The van der Waals surface area contributed by atoms with Gasteiger partial charge in [-0.2, -0.15) is 0 Å². The Bertz CT molecular complexity index is 958. The number of ether oxygens (including phenoxy) is 2. The van der Waals surface area contributed by atoms with Crippen LogP contribution in [-0.2, 0) is 4.79 Å². The molecule has 1 heterocycles. The molecule has 0 spiro atoms. The predicted octanol–water partition coefficient (Wildman–Crippen LogP) is 4.45. The van der Waals surface area contributed by atoms with Crippen molar-refractivity contribution in [2.75, 3.05) is 50.6 Å². The first-order valence-corrected chi connectivity index (χ1v) is 11.2. The lowest BCUT2D eigenvalue weighted by atomic mass is 10.1. The standard InChI is InChI=1S/C24H30ClN3O4/c1-4-31-21-15-17(24(30)26-19-10-8-9-18(25)23(19)27(2)3)11-12-20(21)32-16-22(29)28-13-6-5-7-14-28/h8-12,15H,4-7,13-14,16H2,1-3H3,(H,26,30). The molecular weight excluding hydrogens is 430 g/mol. The number of halogens is 1. The van der Waals surface area contributed by atoms with Crippen molar-refractivity contribution < 1.29 is 19.1 Å². The summed E-state index contributed by atoms with van der Waals surface area (Å²) >= 11 is 6.30. The third-order valence-electron chi connectivity index (χ3n) is 5.25. The minimum absolute atomic E-state index is 0.0360. The molecule has 7 nitrogen and oxygen atoms in total. The molecule has 0 unspecified atom stereocenters. The fourth-order valence-corrected chi connectivity index (χ4v) is 4.02. The third-order valence-corrected chi connectivity index (χ3v) is 5.55. The predicted molar refractivity (Wildman–Crippen MR) is 127 cm³/mol. The van der Waals surface area contributed by atoms with Gasteiger partial charge in [0.2, 0.25) is 0 Å². The van der Waals surface area contributed by atoms with E-state index in [1.165, 1.54) is 0 Å². The molecule has 0 aliphatic carbocycles. The second kappa shape index (κ2) is 11.1.